The van der Waals surface area contributed by atoms with Crippen molar-refractivity contribution >= 4 is 33.4 Å². The number of anilines is 2. The van der Waals surface area contributed by atoms with Crippen LogP contribution in [-0.2, 0) is 7.05 Å². The van der Waals surface area contributed by atoms with Gasteiger partial charge in [-0.1, -0.05) is 114 Å². The minimum Gasteiger partial charge on any atom is -0.359 e. The third kappa shape index (κ3) is 9.99. The molecule has 7 rings (SSSR count). The highest BCUT2D eigenvalue weighted by Crippen LogP contribution is 2.36. The van der Waals surface area contributed by atoms with E-state index >= 15 is 0 Å². The molecule has 0 radical (unpaired) electrons. The molecule has 0 bridgehead atoms. The predicted octanol–water partition coefficient (Wildman–Crippen LogP) is 10.2. The largest absolute Gasteiger partial charge is 0.359 e. The average molecular weight is 682 g/mol. The third-order valence-electron chi connectivity index (χ3n) is 10.3. The van der Waals surface area contributed by atoms with Gasteiger partial charge in [-0.05, 0) is 81.7 Å². The molecule has 3 aliphatic rings. The van der Waals surface area contributed by atoms with Crippen LogP contribution < -0.4 is 20.2 Å². The zero-order chi connectivity index (χ0) is 38.3. The topological polar surface area (TPSA) is 17.9 Å². The third-order valence-corrected chi connectivity index (χ3v) is 10.3. The molecule has 0 fully saturated rings. The van der Waals surface area contributed by atoms with Crippen LogP contribution in [0.1, 0.15) is 87.4 Å². The maximum absolute atomic E-state index is 2.29. The second-order valence-corrected chi connectivity index (χ2v) is 12.5. The molecule has 4 aromatic rings. The standard InChI is InChI=1S/C12H14.C11H13N.C10H14N2.C6H12N2.3C2H6/c1-8-9(2)11-6-4-5-7-12(11)10(8)3;1-8-9(2)12(3)11-7-5-4-6-10(8)11;1-8-11(2)9-6-4-5-7-10(9)12(8)3;1-6-7(2)4-5-8(6)3;3*1-2/h4-8H,1-3H3;4-7H,1-3H3;4-8H,1-3H3;4-6H,1-3H3;3*1-2H3. The number of nitrogens with zero attached hydrogens (tertiary/aromatic N) is 5. The first-order chi connectivity index (χ1) is 23.9. The van der Waals surface area contributed by atoms with Crippen LogP contribution in [0.4, 0.5) is 11.4 Å². The number of aromatic nitrogens is 1. The Morgan fingerprint density at radius 3 is 1.24 bits per heavy atom. The molecular formula is C45H71N5. The summed E-state index contributed by atoms with van der Waals surface area (Å²) in [7, 11) is 10.5. The van der Waals surface area contributed by atoms with Gasteiger partial charge in [0, 0.05) is 64.2 Å². The molecule has 2 aliphatic heterocycles. The molecule has 0 N–H and O–H groups in total. The molecule has 0 spiro atoms. The molecular weight excluding hydrogens is 611 g/mol. The van der Waals surface area contributed by atoms with Gasteiger partial charge in [-0.25, -0.2) is 0 Å². The molecule has 1 aliphatic carbocycles. The van der Waals surface area contributed by atoms with E-state index in [-0.39, 0.29) is 0 Å². The van der Waals surface area contributed by atoms with Crippen molar-refractivity contribution in [2.45, 2.75) is 102 Å². The van der Waals surface area contributed by atoms with Crippen LogP contribution in [-0.4, -0.2) is 54.9 Å². The minimum absolute atomic E-state index is 0.474. The lowest BCUT2D eigenvalue weighted by molar-refractivity contribution is 0.226. The van der Waals surface area contributed by atoms with Gasteiger partial charge in [0.1, 0.15) is 0 Å². The van der Waals surface area contributed by atoms with Gasteiger partial charge >= 0.3 is 0 Å². The fourth-order valence-corrected chi connectivity index (χ4v) is 6.14. The lowest BCUT2D eigenvalue weighted by atomic mass is 10.00. The quantitative estimate of drug-likeness (QED) is 0.184. The SMILES string of the molecule is CC.CC.CC.CC1=c2ccccc2=C(C)C1C.CC1N(C)C=CN1C.CC1N(C)c2ccccc2N1C.Cc1c(C)n(C)c2ccccc12. The zero-order valence-electron chi connectivity index (χ0n) is 35.1. The smallest absolute Gasteiger partial charge is 0.0982 e. The Morgan fingerprint density at radius 1 is 0.480 bits per heavy atom. The fourth-order valence-electron chi connectivity index (χ4n) is 6.14. The normalized spacial score (nSPS) is 14.4. The Hall–Kier alpha value is -4.12. The van der Waals surface area contributed by atoms with Crippen molar-refractivity contribution in [3.8, 4) is 0 Å². The van der Waals surface area contributed by atoms with Crippen LogP contribution in [0.3, 0.4) is 0 Å². The molecule has 3 heterocycles. The first kappa shape index (κ1) is 43.9. The molecule has 0 saturated heterocycles. The van der Waals surface area contributed by atoms with Crippen molar-refractivity contribution < 1.29 is 0 Å². The lowest BCUT2D eigenvalue weighted by Gasteiger charge is -2.23. The van der Waals surface area contributed by atoms with E-state index in [1.165, 1.54) is 55.1 Å². The minimum atomic E-state index is 0.474. The number of rotatable bonds is 0. The first-order valence-corrected chi connectivity index (χ1v) is 18.8. The van der Waals surface area contributed by atoms with E-state index in [4.69, 9.17) is 0 Å². The van der Waals surface area contributed by atoms with Crippen molar-refractivity contribution in [1.82, 2.24) is 14.4 Å². The maximum atomic E-state index is 2.29. The van der Waals surface area contributed by atoms with Gasteiger partial charge in [-0.2, -0.15) is 0 Å². The van der Waals surface area contributed by atoms with E-state index in [0.29, 0.717) is 18.2 Å². The van der Waals surface area contributed by atoms with Gasteiger partial charge in [0.2, 0.25) is 0 Å². The highest BCUT2D eigenvalue weighted by Gasteiger charge is 2.26. The number of hydrogen-bond acceptors (Lipinski definition) is 4. The van der Waals surface area contributed by atoms with Crippen LogP contribution in [0, 0.1) is 19.8 Å². The van der Waals surface area contributed by atoms with Crippen LogP contribution in [0.2, 0.25) is 0 Å². The number of aryl methyl sites for hydroxylation is 2. The Morgan fingerprint density at radius 2 is 0.860 bits per heavy atom. The summed E-state index contributed by atoms with van der Waals surface area (Å²) in [6, 6.07) is 25.7. The van der Waals surface area contributed by atoms with Crippen molar-refractivity contribution in [2.75, 3.05) is 38.0 Å². The number of para-hydroxylation sites is 3. The number of benzene rings is 3. The summed E-state index contributed by atoms with van der Waals surface area (Å²) in [5.41, 5.74) is 9.77. The summed E-state index contributed by atoms with van der Waals surface area (Å²) in [5.74, 6) is 0.641. The van der Waals surface area contributed by atoms with Crippen molar-refractivity contribution in [2.24, 2.45) is 13.0 Å². The van der Waals surface area contributed by atoms with Gasteiger partial charge in [0.05, 0.1) is 23.7 Å². The Balaban J connectivity index is 0.000000320. The highest BCUT2D eigenvalue weighted by atomic mass is 15.4. The Labute approximate surface area is 307 Å². The first-order valence-electron chi connectivity index (χ1n) is 18.8. The number of hydrogen-bond donors (Lipinski definition) is 0. The van der Waals surface area contributed by atoms with Crippen LogP contribution in [0.15, 0.2) is 85.2 Å². The molecule has 1 aromatic heterocycles. The molecule has 50 heavy (non-hydrogen) atoms. The molecule has 0 amide bonds. The van der Waals surface area contributed by atoms with Gasteiger partial charge < -0.3 is 24.2 Å². The average Bonchev–Trinajstić information content (AvgIpc) is 3.76. The van der Waals surface area contributed by atoms with E-state index in [2.05, 4.69) is 193 Å². The summed E-state index contributed by atoms with van der Waals surface area (Å²) in [6.07, 6.45) is 5.16. The van der Waals surface area contributed by atoms with Crippen molar-refractivity contribution in [3.63, 3.8) is 0 Å². The van der Waals surface area contributed by atoms with Crippen LogP contribution >= 0.6 is 0 Å². The van der Waals surface area contributed by atoms with Gasteiger partial charge in [-0.3, -0.25) is 0 Å². The van der Waals surface area contributed by atoms with Gasteiger partial charge in [-0.15, -0.1) is 0 Å². The van der Waals surface area contributed by atoms with Gasteiger partial charge in [0.15, 0.2) is 0 Å². The monoisotopic (exact) mass is 682 g/mol. The summed E-state index contributed by atoms with van der Waals surface area (Å²) in [4.78, 5) is 8.91. The summed E-state index contributed by atoms with van der Waals surface area (Å²) < 4.78 is 2.24. The van der Waals surface area contributed by atoms with E-state index in [1.807, 2.05) is 41.5 Å². The highest BCUT2D eigenvalue weighted by molar-refractivity contribution is 5.85. The van der Waals surface area contributed by atoms with E-state index in [1.54, 1.807) is 0 Å². The molecule has 5 heteroatoms. The van der Waals surface area contributed by atoms with E-state index in [9.17, 15) is 0 Å². The summed E-state index contributed by atoms with van der Waals surface area (Å²) in [6.45, 7) is 27.5. The second kappa shape index (κ2) is 21.2. The lowest BCUT2D eigenvalue weighted by Crippen LogP contribution is -2.35. The second-order valence-electron chi connectivity index (χ2n) is 12.5. The van der Waals surface area contributed by atoms with Gasteiger partial charge in [0.25, 0.3) is 0 Å². The molecule has 5 nitrogen and oxygen atoms in total. The predicted molar refractivity (Wildman–Crippen MR) is 226 cm³/mol. The van der Waals surface area contributed by atoms with Crippen molar-refractivity contribution in [3.05, 3.63) is 107 Å². The van der Waals surface area contributed by atoms with E-state index < -0.39 is 0 Å². The van der Waals surface area contributed by atoms with E-state index in [0.717, 1.165) is 0 Å². The molecule has 0 saturated carbocycles. The molecule has 0 atom stereocenters. The van der Waals surface area contributed by atoms with Crippen LogP contribution in [0.5, 0.6) is 0 Å². The van der Waals surface area contributed by atoms with Crippen LogP contribution in [0.25, 0.3) is 22.0 Å². The summed E-state index contributed by atoms with van der Waals surface area (Å²) >= 11 is 0. The molecule has 3 aromatic carbocycles. The number of fused-ring (bicyclic) bond motifs is 3. The zero-order valence-corrected chi connectivity index (χ0v) is 35.1. The Bertz CT molecular complexity index is 1630. The fraction of sp³-hybridized carbons (Fsp3) is 0.467. The molecule has 276 valence electrons. The Kier molecular flexibility index (Phi) is 18.6. The summed E-state index contributed by atoms with van der Waals surface area (Å²) in [5, 5.41) is 4.27. The molecule has 0 unspecified atom stereocenters. The van der Waals surface area contributed by atoms with Crippen molar-refractivity contribution in [1.29, 1.82) is 0 Å². The maximum Gasteiger partial charge on any atom is 0.0982 e.